The van der Waals surface area contributed by atoms with Gasteiger partial charge in [0.2, 0.25) is 0 Å². The first kappa shape index (κ1) is 16.5. The van der Waals surface area contributed by atoms with Crippen molar-refractivity contribution < 1.29 is 13.2 Å². The van der Waals surface area contributed by atoms with E-state index in [1.54, 1.807) is 13.8 Å². The molecule has 0 aromatic carbocycles. The number of sulfone groups is 1. The second-order valence-electron chi connectivity index (χ2n) is 6.26. The Hall–Kier alpha value is -0.510. The molecule has 0 aliphatic heterocycles. The van der Waals surface area contributed by atoms with Crippen LogP contribution in [0.25, 0.3) is 0 Å². The maximum absolute atomic E-state index is 12.5. The molecule has 0 bridgehead atoms. The SMILES string of the molecule is CCC(C)COC(C)=C(C)C(C)(C)S(=O)(=O)C1CC1. The van der Waals surface area contributed by atoms with E-state index >= 15 is 0 Å². The lowest BCUT2D eigenvalue weighted by molar-refractivity contribution is 0.167. The van der Waals surface area contributed by atoms with Gasteiger partial charge in [-0.3, -0.25) is 0 Å². The van der Waals surface area contributed by atoms with Crippen LogP contribution in [-0.2, 0) is 14.6 Å². The highest BCUT2D eigenvalue weighted by molar-refractivity contribution is 7.93. The van der Waals surface area contributed by atoms with Crippen LogP contribution in [0.4, 0.5) is 0 Å². The molecule has 0 heterocycles. The fourth-order valence-electron chi connectivity index (χ4n) is 1.93. The van der Waals surface area contributed by atoms with Gasteiger partial charge < -0.3 is 4.74 Å². The van der Waals surface area contributed by atoms with Crippen LogP contribution in [0, 0.1) is 5.92 Å². The molecule has 112 valence electrons. The number of ether oxygens (including phenoxy) is 1. The fraction of sp³-hybridized carbons (Fsp3) is 0.867. The summed E-state index contributed by atoms with van der Waals surface area (Å²) in [4.78, 5) is 0. The van der Waals surface area contributed by atoms with Gasteiger partial charge in [-0.25, -0.2) is 8.42 Å². The monoisotopic (exact) mass is 288 g/mol. The summed E-state index contributed by atoms with van der Waals surface area (Å²) in [5.74, 6) is 1.25. The number of allylic oxidation sites excluding steroid dienone is 1. The molecular formula is C15H28O3S. The van der Waals surface area contributed by atoms with Crippen LogP contribution < -0.4 is 0 Å². The smallest absolute Gasteiger partial charge is 0.162 e. The Balaban J connectivity index is 2.86. The Morgan fingerprint density at radius 3 is 2.26 bits per heavy atom. The molecule has 1 unspecified atom stereocenters. The molecule has 0 amide bonds. The number of rotatable bonds is 7. The second kappa shape index (κ2) is 5.86. The van der Waals surface area contributed by atoms with Gasteiger partial charge in [0.05, 0.1) is 22.4 Å². The summed E-state index contributed by atoms with van der Waals surface area (Å²) in [7, 11) is -3.09. The van der Waals surface area contributed by atoms with Gasteiger partial charge in [0.1, 0.15) is 0 Å². The summed E-state index contributed by atoms with van der Waals surface area (Å²) < 4.78 is 29.9. The van der Waals surface area contributed by atoms with Crippen molar-refractivity contribution in [1.29, 1.82) is 0 Å². The summed E-state index contributed by atoms with van der Waals surface area (Å²) in [6.07, 6.45) is 2.69. The van der Waals surface area contributed by atoms with Crippen molar-refractivity contribution in [2.75, 3.05) is 6.61 Å². The van der Waals surface area contributed by atoms with E-state index < -0.39 is 14.6 Å². The van der Waals surface area contributed by atoms with Crippen LogP contribution >= 0.6 is 0 Å². The van der Waals surface area contributed by atoms with E-state index in [-0.39, 0.29) is 5.25 Å². The van der Waals surface area contributed by atoms with Crippen LogP contribution in [0.1, 0.15) is 60.8 Å². The van der Waals surface area contributed by atoms with Crippen molar-refractivity contribution >= 4 is 9.84 Å². The predicted molar refractivity (Wildman–Crippen MR) is 79.8 cm³/mol. The lowest BCUT2D eigenvalue weighted by Crippen LogP contribution is -2.36. The Labute approximate surface area is 118 Å². The lowest BCUT2D eigenvalue weighted by atomic mass is 10.0. The first-order chi connectivity index (χ1) is 8.64. The largest absolute Gasteiger partial charge is 0.498 e. The quantitative estimate of drug-likeness (QED) is 0.671. The highest BCUT2D eigenvalue weighted by atomic mass is 32.2. The standard InChI is InChI=1S/C15H28O3S/c1-7-11(2)10-18-13(4)12(3)15(5,6)19(16,17)14-8-9-14/h11,14H,7-10H2,1-6H3. The number of hydrogen-bond acceptors (Lipinski definition) is 3. The van der Waals surface area contributed by atoms with E-state index in [9.17, 15) is 8.42 Å². The molecule has 1 rings (SSSR count). The van der Waals surface area contributed by atoms with E-state index in [2.05, 4.69) is 13.8 Å². The lowest BCUT2D eigenvalue weighted by Gasteiger charge is -2.28. The molecule has 0 radical (unpaired) electrons. The average molecular weight is 288 g/mol. The van der Waals surface area contributed by atoms with E-state index in [1.165, 1.54) is 0 Å². The minimum atomic E-state index is -3.09. The van der Waals surface area contributed by atoms with Crippen molar-refractivity contribution in [2.24, 2.45) is 5.92 Å². The van der Waals surface area contributed by atoms with Crippen LogP contribution in [0.5, 0.6) is 0 Å². The van der Waals surface area contributed by atoms with E-state index in [1.807, 2.05) is 13.8 Å². The molecule has 1 atom stereocenters. The third kappa shape index (κ3) is 3.53. The normalized spacial score (nSPS) is 19.9. The van der Waals surface area contributed by atoms with Gasteiger partial charge in [0.15, 0.2) is 9.84 Å². The van der Waals surface area contributed by atoms with E-state index in [0.29, 0.717) is 12.5 Å². The molecule has 0 saturated heterocycles. The zero-order valence-electron chi connectivity index (χ0n) is 13.1. The molecule has 19 heavy (non-hydrogen) atoms. The van der Waals surface area contributed by atoms with Gasteiger partial charge in [-0.2, -0.15) is 0 Å². The molecule has 0 spiro atoms. The van der Waals surface area contributed by atoms with Crippen molar-refractivity contribution in [3.8, 4) is 0 Å². The van der Waals surface area contributed by atoms with Crippen molar-refractivity contribution in [1.82, 2.24) is 0 Å². The summed E-state index contributed by atoms with van der Waals surface area (Å²) >= 11 is 0. The minimum absolute atomic E-state index is 0.139. The first-order valence-corrected chi connectivity index (χ1v) is 8.73. The minimum Gasteiger partial charge on any atom is -0.498 e. The van der Waals surface area contributed by atoms with Gasteiger partial charge in [-0.15, -0.1) is 0 Å². The molecule has 0 aromatic heterocycles. The van der Waals surface area contributed by atoms with E-state index in [0.717, 1.165) is 30.6 Å². The summed E-state index contributed by atoms with van der Waals surface area (Å²) in [6, 6.07) is 0. The molecule has 1 fully saturated rings. The molecule has 1 aliphatic rings. The molecule has 0 N–H and O–H groups in total. The third-order valence-corrected chi connectivity index (χ3v) is 7.46. The van der Waals surface area contributed by atoms with Crippen molar-refractivity contribution in [2.45, 2.75) is 70.8 Å². The Morgan fingerprint density at radius 1 is 1.32 bits per heavy atom. The second-order valence-corrected chi connectivity index (χ2v) is 9.04. The Kier molecular flexibility index (Phi) is 5.10. The Bertz CT molecular complexity index is 442. The molecule has 1 saturated carbocycles. The Morgan fingerprint density at radius 2 is 1.84 bits per heavy atom. The molecule has 0 aromatic rings. The van der Waals surface area contributed by atoms with Crippen LogP contribution in [0.2, 0.25) is 0 Å². The van der Waals surface area contributed by atoms with Gasteiger partial charge >= 0.3 is 0 Å². The van der Waals surface area contributed by atoms with Gasteiger partial charge in [0.25, 0.3) is 0 Å². The summed E-state index contributed by atoms with van der Waals surface area (Å²) in [5.41, 5.74) is 0.836. The van der Waals surface area contributed by atoms with Gasteiger partial charge in [0, 0.05) is 0 Å². The van der Waals surface area contributed by atoms with Crippen molar-refractivity contribution in [3.05, 3.63) is 11.3 Å². The predicted octanol–water partition coefficient (Wildman–Crippen LogP) is 3.70. The maximum Gasteiger partial charge on any atom is 0.162 e. The molecule has 3 nitrogen and oxygen atoms in total. The fourth-order valence-corrected chi connectivity index (χ4v) is 4.09. The van der Waals surface area contributed by atoms with Crippen molar-refractivity contribution in [3.63, 3.8) is 0 Å². The molecular weight excluding hydrogens is 260 g/mol. The zero-order chi connectivity index (χ0) is 14.8. The maximum atomic E-state index is 12.5. The van der Waals surface area contributed by atoms with Gasteiger partial charge in [-0.1, -0.05) is 20.3 Å². The summed E-state index contributed by atoms with van der Waals surface area (Å²) in [6.45, 7) is 12.3. The van der Waals surface area contributed by atoms with E-state index in [4.69, 9.17) is 4.74 Å². The zero-order valence-corrected chi connectivity index (χ0v) is 13.9. The first-order valence-electron chi connectivity index (χ1n) is 7.18. The average Bonchev–Trinajstić information content (AvgIpc) is 3.18. The highest BCUT2D eigenvalue weighted by Crippen LogP contribution is 2.40. The van der Waals surface area contributed by atoms with Gasteiger partial charge in [-0.05, 0) is 52.0 Å². The van der Waals surface area contributed by atoms with Crippen LogP contribution in [0.3, 0.4) is 0 Å². The topological polar surface area (TPSA) is 43.4 Å². The molecule has 4 heteroatoms. The number of hydrogen-bond donors (Lipinski definition) is 0. The summed E-state index contributed by atoms with van der Waals surface area (Å²) in [5, 5.41) is -0.139. The molecule has 1 aliphatic carbocycles. The third-order valence-electron chi connectivity index (χ3n) is 4.39. The highest BCUT2D eigenvalue weighted by Gasteiger charge is 2.47. The van der Waals surface area contributed by atoms with Crippen LogP contribution in [0.15, 0.2) is 11.3 Å². The van der Waals surface area contributed by atoms with Crippen LogP contribution in [-0.4, -0.2) is 25.0 Å².